The quantitative estimate of drug-likeness (QED) is 0.605. The highest BCUT2D eigenvalue weighted by Gasteiger charge is 2.33. The van der Waals surface area contributed by atoms with E-state index in [9.17, 15) is 9.59 Å². The van der Waals surface area contributed by atoms with Crippen LogP contribution in [0.1, 0.15) is 23.8 Å². The zero-order chi connectivity index (χ0) is 21.3. The second-order valence-electron chi connectivity index (χ2n) is 6.92. The molecule has 2 aromatic heterocycles. The third kappa shape index (κ3) is 3.82. The first-order chi connectivity index (χ1) is 14.4. The van der Waals surface area contributed by atoms with Crippen molar-refractivity contribution in [1.29, 1.82) is 0 Å². The molecule has 0 radical (unpaired) electrons. The van der Waals surface area contributed by atoms with Gasteiger partial charge in [-0.2, -0.15) is 0 Å². The molecule has 0 saturated heterocycles. The Bertz CT molecular complexity index is 1110. The van der Waals surface area contributed by atoms with Crippen LogP contribution in [0.25, 0.3) is 11.6 Å². The van der Waals surface area contributed by atoms with Crippen LogP contribution in [-0.4, -0.2) is 28.9 Å². The normalized spacial score (nSPS) is 12.6. The van der Waals surface area contributed by atoms with Gasteiger partial charge in [0.25, 0.3) is 0 Å². The molecule has 9 heteroatoms. The van der Waals surface area contributed by atoms with Gasteiger partial charge in [-0.1, -0.05) is 12.1 Å². The second kappa shape index (κ2) is 7.86. The largest absolute Gasteiger partial charge is 0.497 e. The van der Waals surface area contributed by atoms with Gasteiger partial charge in [-0.25, -0.2) is 9.97 Å². The van der Waals surface area contributed by atoms with Crippen LogP contribution >= 0.6 is 0 Å². The number of benzene rings is 1. The van der Waals surface area contributed by atoms with Gasteiger partial charge in [0, 0.05) is 12.5 Å². The molecular weight excluding hydrogens is 386 g/mol. The van der Waals surface area contributed by atoms with Gasteiger partial charge in [0.05, 0.1) is 20.1 Å². The number of nitrogens with zero attached hydrogens (tertiary/aromatic N) is 3. The molecule has 1 aliphatic rings. The summed E-state index contributed by atoms with van der Waals surface area (Å²) in [6, 6.07) is 11.1. The first kappa shape index (κ1) is 19.4. The second-order valence-corrected chi connectivity index (χ2v) is 6.92. The number of hydrogen-bond acceptors (Lipinski definition) is 7. The Hall–Kier alpha value is -3.88. The van der Waals surface area contributed by atoms with E-state index in [-0.39, 0.29) is 18.2 Å². The highest BCUT2D eigenvalue weighted by Crippen LogP contribution is 2.35. The molecule has 1 aromatic carbocycles. The predicted octanol–water partition coefficient (Wildman–Crippen LogP) is 2.61. The maximum absolute atomic E-state index is 12.8. The number of methoxy groups -OCH3 is 1. The van der Waals surface area contributed by atoms with E-state index in [1.165, 1.54) is 6.92 Å². The van der Waals surface area contributed by atoms with Crippen molar-refractivity contribution in [3.63, 3.8) is 0 Å². The Morgan fingerprint density at radius 2 is 1.97 bits per heavy atom. The van der Waals surface area contributed by atoms with Crippen molar-refractivity contribution in [2.24, 2.45) is 0 Å². The maximum Gasteiger partial charge on any atom is 0.235 e. The summed E-state index contributed by atoms with van der Waals surface area (Å²) in [4.78, 5) is 34.9. The van der Waals surface area contributed by atoms with Crippen molar-refractivity contribution in [3.05, 3.63) is 53.3 Å². The molecule has 3 aromatic rings. The third-order valence-electron chi connectivity index (χ3n) is 4.69. The fourth-order valence-electron chi connectivity index (χ4n) is 3.21. The number of carbonyl (C=O) groups is 2. The molecule has 9 nitrogen and oxygen atoms in total. The Morgan fingerprint density at radius 3 is 2.60 bits per heavy atom. The monoisotopic (exact) mass is 407 g/mol. The molecule has 0 fully saturated rings. The van der Waals surface area contributed by atoms with Crippen LogP contribution in [0, 0.1) is 6.92 Å². The van der Waals surface area contributed by atoms with E-state index in [1.54, 1.807) is 18.1 Å². The number of rotatable bonds is 6. The lowest BCUT2D eigenvalue weighted by atomic mass is 10.2. The number of aryl methyl sites for hydroxylation is 1. The molecule has 30 heavy (non-hydrogen) atoms. The van der Waals surface area contributed by atoms with Gasteiger partial charge in [-0.05, 0) is 36.8 Å². The molecule has 154 valence electrons. The van der Waals surface area contributed by atoms with Crippen LogP contribution in [0.3, 0.4) is 0 Å². The van der Waals surface area contributed by atoms with Crippen molar-refractivity contribution in [1.82, 2.24) is 15.4 Å². The standard InChI is InChI=1S/C21H21N5O4/c1-12-4-9-17(30-12)20-22-19(25-24-13(2)27)16-10-18(28)26(21(16)23-20)11-14-5-7-15(29-3)8-6-14/h4-9H,10-11H2,1-3H3,(H,24,27)(H,22,23,25). The van der Waals surface area contributed by atoms with Crippen molar-refractivity contribution in [2.75, 3.05) is 17.4 Å². The molecule has 0 bridgehead atoms. The van der Waals surface area contributed by atoms with Crippen LogP contribution in [0.2, 0.25) is 0 Å². The summed E-state index contributed by atoms with van der Waals surface area (Å²) in [7, 11) is 1.60. The zero-order valence-corrected chi connectivity index (χ0v) is 16.9. The van der Waals surface area contributed by atoms with E-state index < -0.39 is 0 Å². The molecule has 2 amide bonds. The number of carbonyl (C=O) groups excluding carboxylic acids is 2. The lowest BCUT2D eigenvalue weighted by Crippen LogP contribution is -2.28. The summed E-state index contributed by atoms with van der Waals surface area (Å²) in [5.41, 5.74) is 6.86. The van der Waals surface area contributed by atoms with Crippen LogP contribution in [0.4, 0.5) is 11.6 Å². The summed E-state index contributed by atoms with van der Waals surface area (Å²) in [6.07, 6.45) is 0.130. The molecule has 4 rings (SSSR count). The van der Waals surface area contributed by atoms with Gasteiger partial charge in [-0.3, -0.25) is 25.3 Å². The zero-order valence-electron chi connectivity index (χ0n) is 16.9. The average Bonchev–Trinajstić information content (AvgIpc) is 3.30. The first-order valence-corrected chi connectivity index (χ1v) is 9.38. The first-order valence-electron chi connectivity index (χ1n) is 9.38. The number of hydrogen-bond donors (Lipinski definition) is 2. The Labute approximate surface area is 173 Å². The predicted molar refractivity (Wildman–Crippen MR) is 110 cm³/mol. The Morgan fingerprint density at radius 1 is 1.20 bits per heavy atom. The maximum atomic E-state index is 12.8. The van der Waals surface area contributed by atoms with E-state index in [0.717, 1.165) is 17.1 Å². The summed E-state index contributed by atoms with van der Waals surface area (Å²) in [5, 5.41) is 0. The highest BCUT2D eigenvalue weighted by molar-refractivity contribution is 6.02. The van der Waals surface area contributed by atoms with E-state index in [1.807, 2.05) is 37.3 Å². The molecule has 1 aliphatic heterocycles. The highest BCUT2D eigenvalue weighted by atomic mass is 16.5. The number of anilines is 2. The third-order valence-corrected chi connectivity index (χ3v) is 4.69. The average molecular weight is 407 g/mol. The van der Waals surface area contributed by atoms with E-state index in [4.69, 9.17) is 9.15 Å². The number of nitrogens with one attached hydrogen (secondary N) is 2. The summed E-state index contributed by atoms with van der Waals surface area (Å²) in [5.74, 6) is 2.73. The number of fused-ring (bicyclic) bond motifs is 1. The molecule has 2 N–H and O–H groups in total. The van der Waals surface area contributed by atoms with Crippen LogP contribution in [-0.2, 0) is 22.6 Å². The minimum Gasteiger partial charge on any atom is -0.497 e. The van der Waals surface area contributed by atoms with Gasteiger partial charge in [0.15, 0.2) is 17.4 Å². The minimum atomic E-state index is -0.280. The SMILES string of the molecule is COc1ccc(CN2C(=O)Cc3c(NNC(C)=O)nc(-c4ccc(C)o4)nc32)cc1. The number of hydrazine groups is 1. The lowest BCUT2D eigenvalue weighted by molar-refractivity contribution is -0.118. The van der Waals surface area contributed by atoms with E-state index >= 15 is 0 Å². The number of aromatic nitrogens is 2. The molecule has 3 heterocycles. The Balaban J connectivity index is 1.73. The summed E-state index contributed by atoms with van der Waals surface area (Å²) < 4.78 is 10.8. The molecule has 0 spiro atoms. The van der Waals surface area contributed by atoms with Gasteiger partial charge in [-0.15, -0.1) is 0 Å². The fraction of sp³-hybridized carbons (Fsp3) is 0.238. The number of ether oxygens (including phenoxy) is 1. The fourth-order valence-corrected chi connectivity index (χ4v) is 3.21. The molecule has 0 aliphatic carbocycles. The molecule has 0 atom stereocenters. The van der Waals surface area contributed by atoms with Crippen LogP contribution in [0.15, 0.2) is 40.8 Å². The van der Waals surface area contributed by atoms with Crippen LogP contribution in [0.5, 0.6) is 5.75 Å². The van der Waals surface area contributed by atoms with Gasteiger partial charge in [0.2, 0.25) is 11.8 Å². The molecule has 0 saturated carbocycles. The van der Waals surface area contributed by atoms with E-state index in [0.29, 0.717) is 35.3 Å². The van der Waals surface area contributed by atoms with Gasteiger partial charge >= 0.3 is 0 Å². The van der Waals surface area contributed by atoms with Crippen molar-refractivity contribution >= 4 is 23.5 Å². The van der Waals surface area contributed by atoms with Crippen LogP contribution < -0.4 is 20.5 Å². The Kier molecular flexibility index (Phi) is 5.09. The van der Waals surface area contributed by atoms with Gasteiger partial charge < -0.3 is 9.15 Å². The summed E-state index contributed by atoms with van der Waals surface area (Å²) in [6.45, 7) is 3.56. The molecule has 0 unspecified atom stereocenters. The van der Waals surface area contributed by atoms with Crippen molar-refractivity contribution < 1.29 is 18.7 Å². The number of amides is 2. The number of furan rings is 1. The molecular formula is C21H21N5O4. The van der Waals surface area contributed by atoms with Gasteiger partial charge in [0.1, 0.15) is 17.3 Å². The van der Waals surface area contributed by atoms with Crippen molar-refractivity contribution in [2.45, 2.75) is 26.8 Å². The van der Waals surface area contributed by atoms with E-state index in [2.05, 4.69) is 20.8 Å². The summed E-state index contributed by atoms with van der Waals surface area (Å²) >= 11 is 0. The lowest BCUT2D eigenvalue weighted by Gasteiger charge is -2.18. The minimum absolute atomic E-state index is 0.103. The smallest absolute Gasteiger partial charge is 0.235 e. The van der Waals surface area contributed by atoms with Crippen molar-refractivity contribution in [3.8, 4) is 17.3 Å². The topological polar surface area (TPSA) is 110 Å².